The summed E-state index contributed by atoms with van der Waals surface area (Å²) in [6, 6.07) is 25.1. The molecule has 0 heterocycles. The van der Waals surface area contributed by atoms with Crippen LogP contribution in [0.1, 0.15) is 48.8 Å². The SMILES string of the molecule is O=C(NC(CC1CCC1)B(O)O)C(Cc1ccccc1)NC(=O)C(CCc1ccccc1)NS(=O)(=O)Cc1ccccc1. The second kappa shape index (κ2) is 15.8. The summed E-state index contributed by atoms with van der Waals surface area (Å²) in [5.41, 5.74) is 2.31. The fourth-order valence-corrected chi connectivity index (χ4v) is 6.58. The molecule has 3 unspecified atom stereocenters. The van der Waals surface area contributed by atoms with Gasteiger partial charge in [-0.2, -0.15) is 0 Å². The van der Waals surface area contributed by atoms with Crippen molar-refractivity contribution in [2.24, 2.45) is 5.92 Å². The highest BCUT2D eigenvalue weighted by Crippen LogP contribution is 2.30. The molecule has 1 fully saturated rings. The van der Waals surface area contributed by atoms with Crippen molar-refractivity contribution in [2.75, 3.05) is 0 Å². The summed E-state index contributed by atoms with van der Waals surface area (Å²) in [6.45, 7) is 0. The number of aryl methyl sites for hydroxylation is 1. The molecule has 9 nitrogen and oxygen atoms in total. The molecule has 5 N–H and O–H groups in total. The number of benzene rings is 3. The van der Waals surface area contributed by atoms with Crippen LogP contribution >= 0.6 is 0 Å². The van der Waals surface area contributed by atoms with Gasteiger partial charge in [-0.15, -0.1) is 0 Å². The maximum atomic E-state index is 13.7. The Morgan fingerprint density at radius 1 is 0.767 bits per heavy atom. The molecule has 0 bridgehead atoms. The third kappa shape index (κ3) is 10.6. The number of hydrogen-bond donors (Lipinski definition) is 5. The molecule has 3 aromatic carbocycles. The molecule has 11 heteroatoms. The summed E-state index contributed by atoms with van der Waals surface area (Å²) in [7, 11) is -5.66. The molecule has 0 saturated heterocycles. The third-order valence-electron chi connectivity index (χ3n) is 7.82. The molecule has 0 aliphatic heterocycles. The zero-order chi connectivity index (χ0) is 30.7. The van der Waals surface area contributed by atoms with Crippen LogP contribution in [-0.2, 0) is 38.2 Å². The predicted octanol–water partition coefficient (Wildman–Crippen LogP) is 2.52. The second-order valence-electron chi connectivity index (χ2n) is 11.3. The Morgan fingerprint density at radius 2 is 1.30 bits per heavy atom. The highest BCUT2D eigenvalue weighted by Gasteiger charge is 2.34. The average molecular weight is 606 g/mol. The van der Waals surface area contributed by atoms with Gasteiger partial charge in [-0.3, -0.25) is 9.59 Å². The van der Waals surface area contributed by atoms with Crippen LogP contribution in [0.2, 0.25) is 0 Å². The minimum atomic E-state index is -3.92. The number of carbonyl (C=O) groups is 2. The maximum Gasteiger partial charge on any atom is 0.475 e. The summed E-state index contributed by atoms with van der Waals surface area (Å²) in [5.74, 6) is -2.08. The van der Waals surface area contributed by atoms with Crippen molar-refractivity contribution >= 4 is 29.0 Å². The minimum Gasteiger partial charge on any atom is -0.426 e. The van der Waals surface area contributed by atoms with Crippen LogP contribution in [0.15, 0.2) is 91.0 Å². The van der Waals surface area contributed by atoms with Crippen molar-refractivity contribution in [1.29, 1.82) is 0 Å². The predicted molar refractivity (Wildman–Crippen MR) is 167 cm³/mol. The highest BCUT2D eigenvalue weighted by atomic mass is 32.2. The topological polar surface area (TPSA) is 145 Å². The lowest BCUT2D eigenvalue weighted by molar-refractivity contribution is -0.130. The Morgan fingerprint density at radius 3 is 1.84 bits per heavy atom. The van der Waals surface area contributed by atoms with Gasteiger partial charge < -0.3 is 20.7 Å². The van der Waals surface area contributed by atoms with Crippen LogP contribution in [0.4, 0.5) is 0 Å². The second-order valence-corrected chi connectivity index (χ2v) is 13.0. The summed E-state index contributed by atoms with van der Waals surface area (Å²) >= 11 is 0. The van der Waals surface area contributed by atoms with Crippen LogP contribution in [0.3, 0.4) is 0 Å². The molecule has 0 radical (unpaired) electrons. The summed E-state index contributed by atoms with van der Waals surface area (Å²) in [5, 5.41) is 25.4. The molecule has 3 aromatic rings. The van der Waals surface area contributed by atoms with Gasteiger partial charge in [0.15, 0.2) is 0 Å². The number of nitrogens with one attached hydrogen (secondary N) is 3. The maximum absolute atomic E-state index is 13.7. The van der Waals surface area contributed by atoms with Gasteiger partial charge in [-0.25, -0.2) is 13.1 Å². The minimum absolute atomic E-state index is 0.137. The Hall–Kier alpha value is -3.51. The molecule has 228 valence electrons. The van der Waals surface area contributed by atoms with Crippen molar-refractivity contribution in [3.05, 3.63) is 108 Å². The Labute approximate surface area is 254 Å². The largest absolute Gasteiger partial charge is 0.475 e. The van der Waals surface area contributed by atoms with Gasteiger partial charge in [0.1, 0.15) is 12.1 Å². The van der Waals surface area contributed by atoms with Gasteiger partial charge in [0.05, 0.1) is 11.7 Å². The van der Waals surface area contributed by atoms with Crippen molar-refractivity contribution in [2.45, 2.75) is 68.7 Å². The lowest BCUT2D eigenvalue weighted by Crippen LogP contribution is -2.58. The molecule has 0 spiro atoms. The summed E-state index contributed by atoms with van der Waals surface area (Å²) < 4.78 is 28.9. The standard InChI is InChI=1S/C32H40BN3O6S/c37-31(28(20-19-24-11-4-1-5-12-24)36-43(41,42)23-27-15-8-3-9-16-27)34-29(21-25-13-6-2-7-14-25)32(38)35-30(33(39)40)22-26-17-10-18-26/h1-9,11-16,26,28-30,36,39-40H,10,17-23H2,(H,34,37)(H,35,38). The molecule has 0 aromatic heterocycles. The Balaban J connectivity index is 1.52. The zero-order valence-electron chi connectivity index (χ0n) is 24.1. The smallest absolute Gasteiger partial charge is 0.426 e. The van der Waals surface area contributed by atoms with Gasteiger partial charge in [-0.1, -0.05) is 110 Å². The van der Waals surface area contributed by atoms with Crippen LogP contribution in [-0.4, -0.2) is 55.4 Å². The molecule has 4 rings (SSSR count). The molecule has 1 saturated carbocycles. The van der Waals surface area contributed by atoms with Gasteiger partial charge in [0, 0.05) is 6.42 Å². The first-order valence-electron chi connectivity index (χ1n) is 14.8. The van der Waals surface area contributed by atoms with E-state index in [0.29, 0.717) is 24.3 Å². The molecular formula is C32H40BN3O6S. The summed E-state index contributed by atoms with van der Waals surface area (Å²) in [6.07, 6.45) is 4.17. The van der Waals surface area contributed by atoms with E-state index in [2.05, 4.69) is 15.4 Å². The van der Waals surface area contributed by atoms with Crippen LogP contribution in [0.25, 0.3) is 0 Å². The fourth-order valence-electron chi connectivity index (χ4n) is 5.21. The number of amides is 2. The lowest BCUT2D eigenvalue weighted by Gasteiger charge is -2.31. The molecule has 2 amide bonds. The van der Waals surface area contributed by atoms with Gasteiger partial charge in [0.25, 0.3) is 0 Å². The number of rotatable bonds is 16. The van der Waals surface area contributed by atoms with Crippen LogP contribution < -0.4 is 15.4 Å². The van der Waals surface area contributed by atoms with E-state index in [9.17, 15) is 28.1 Å². The number of carbonyl (C=O) groups excluding carboxylic acids is 2. The van der Waals surface area contributed by atoms with E-state index >= 15 is 0 Å². The number of hydrogen-bond acceptors (Lipinski definition) is 6. The Bertz CT molecular complexity index is 1410. The van der Waals surface area contributed by atoms with Gasteiger partial charge in [0.2, 0.25) is 21.8 Å². The summed E-state index contributed by atoms with van der Waals surface area (Å²) in [4.78, 5) is 27.3. The van der Waals surface area contributed by atoms with E-state index < -0.39 is 47.0 Å². The van der Waals surface area contributed by atoms with Crippen molar-refractivity contribution in [3.8, 4) is 0 Å². The van der Waals surface area contributed by atoms with Crippen molar-refractivity contribution < 1.29 is 28.1 Å². The first-order chi connectivity index (χ1) is 20.7. The fraction of sp³-hybridized carbons (Fsp3) is 0.375. The van der Waals surface area contributed by atoms with E-state index in [-0.39, 0.29) is 18.6 Å². The Kier molecular flexibility index (Phi) is 11.9. The first kappa shape index (κ1) is 32.4. The molecule has 1 aliphatic rings. The molecule has 1 aliphatic carbocycles. The molecule has 3 atom stereocenters. The van der Waals surface area contributed by atoms with E-state index in [4.69, 9.17) is 0 Å². The molecule has 43 heavy (non-hydrogen) atoms. The first-order valence-corrected chi connectivity index (χ1v) is 16.4. The quantitative estimate of drug-likeness (QED) is 0.159. The van der Waals surface area contributed by atoms with Crippen molar-refractivity contribution in [3.63, 3.8) is 0 Å². The van der Waals surface area contributed by atoms with E-state index in [0.717, 1.165) is 30.4 Å². The van der Waals surface area contributed by atoms with E-state index in [1.54, 1.807) is 30.3 Å². The van der Waals surface area contributed by atoms with Gasteiger partial charge in [-0.05, 0) is 41.9 Å². The van der Waals surface area contributed by atoms with Crippen molar-refractivity contribution in [1.82, 2.24) is 15.4 Å². The monoisotopic (exact) mass is 605 g/mol. The van der Waals surface area contributed by atoms with E-state index in [1.165, 1.54) is 0 Å². The number of sulfonamides is 1. The van der Waals surface area contributed by atoms with E-state index in [1.807, 2.05) is 60.7 Å². The zero-order valence-corrected chi connectivity index (χ0v) is 25.0. The highest BCUT2D eigenvalue weighted by molar-refractivity contribution is 7.88. The van der Waals surface area contributed by atoms with Crippen LogP contribution in [0.5, 0.6) is 0 Å². The third-order valence-corrected chi connectivity index (χ3v) is 9.17. The lowest BCUT2D eigenvalue weighted by atomic mass is 9.69. The van der Waals surface area contributed by atoms with Gasteiger partial charge >= 0.3 is 7.12 Å². The normalized spacial score (nSPS) is 15.5. The average Bonchev–Trinajstić information content (AvgIpc) is 2.97. The molecular weight excluding hydrogens is 565 g/mol. The van der Waals surface area contributed by atoms with Crippen LogP contribution in [0, 0.1) is 5.92 Å².